The van der Waals surface area contributed by atoms with Gasteiger partial charge in [-0.2, -0.15) is 0 Å². The molecule has 1 aromatic rings. The van der Waals surface area contributed by atoms with Crippen molar-refractivity contribution in [3.05, 3.63) is 35.4 Å². The van der Waals surface area contributed by atoms with Crippen LogP contribution in [0, 0.1) is 11.8 Å². The van der Waals surface area contributed by atoms with Crippen LogP contribution in [0.2, 0.25) is 0 Å². The summed E-state index contributed by atoms with van der Waals surface area (Å²) in [5.74, 6) is 1.22. The molecule has 2 aliphatic rings. The Labute approximate surface area is 132 Å². The Hall–Kier alpha value is -1.10. The van der Waals surface area contributed by atoms with Gasteiger partial charge >= 0.3 is 0 Å². The minimum atomic E-state index is 0. The van der Waals surface area contributed by atoms with Crippen LogP contribution in [0.5, 0.6) is 0 Å². The molecule has 1 heterocycles. The summed E-state index contributed by atoms with van der Waals surface area (Å²) in [6, 6.07) is 7.98. The summed E-state index contributed by atoms with van der Waals surface area (Å²) in [5, 5.41) is 0. The van der Waals surface area contributed by atoms with Gasteiger partial charge in [0.15, 0.2) is 0 Å². The topological polar surface area (TPSA) is 55.6 Å². The first-order chi connectivity index (χ1) is 9.70. The zero-order valence-corrected chi connectivity index (χ0v) is 13.1. The summed E-state index contributed by atoms with van der Waals surface area (Å²) in [5.41, 5.74) is 7.87. The highest BCUT2D eigenvalue weighted by Gasteiger charge is 2.42. The molecule has 1 amide bonds. The number of hydrogen-bond acceptors (Lipinski definition) is 3. The van der Waals surface area contributed by atoms with Gasteiger partial charge in [0.1, 0.15) is 0 Å². The molecule has 116 valence electrons. The summed E-state index contributed by atoms with van der Waals surface area (Å²) in [7, 11) is 1.65. The molecule has 0 aromatic heterocycles. The first-order valence-corrected chi connectivity index (χ1v) is 7.32. The van der Waals surface area contributed by atoms with Crippen LogP contribution in [0.1, 0.15) is 28.8 Å². The van der Waals surface area contributed by atoms with Crippen LogP contribution in [-0.4, -0.2) is 37.0 Å². The van der Waals surface area contributed by atoms with Gasteiger partial charge in [-0.3, -0.25) is 4.79 Å². The van der Waals surface area contributed by atoms with Gasteiger partial charge in [0.05, 0.1) is 6.61 Å². The molecule has 5 heteroatoms. The summed E-state index contributed by atoms with van der Waals surface area (Å²) in [6.07, 6.45) is 2.27. The molecule has 2 fully saturated rings. The van der Waals surface area contributed by atoms with Crippen molar-refractivity contribution >= 4 is 18.3 Å². The first kappa shape index (κ1) is 16.3. The molecule has 4 nitrogen and oxygen atoms in total. The van der Waals surface area contributed by atoms with Crippen molar-refractivity contribution in [2.75, 3.05) is 20.2 Å². The summed E-state index contributed by atoms with van der Waals surface area (Å²) in [6.45, 7) is 2.15. The van der Waals surface area contributed by atoms with Crippen molar-refractivity contribution in [3.63, 3.8) is 0 Å². The summed E-state index contributed by atoms with van der Waals surface area (Å²) >= 11 is 0. The number of hydrogen-bond donors (Lipinski definition) is 1. The van der Waals surface area contributed by atoms with Crippen molar-refractivity contribution in [2.24, 2.45) is 17.6 Å². The van der Waals surface area contributed by atoms with Crippen molar-refractivity contribution in [2.45, 2.75) is 25.5 Å². The van der Waals surface area contributed by atoms with Crippen LogP contribution in [-0.2, 0) is 11.3 Å². The SMILES string of the molecule is COCc1ccccc1C(=O)N1CC2CCC(N)C2C1.Cl. The molecule has 0 bridgehead atoms. The maximum atomic E-state index is 12.7. The van der Waals surface area contributed by atoms with Crippen LogP contribution in [0.15, 0.2) is 24.3 Å². The molecule has 1 saturated carbocycles. The number of halogens is 1. The summed E-state index contributed by atoms with van der Waals surface area (Å²) in [4.78, 5) is 14.7. The smallest absolute Gasteiger partial charge is 0.254 e. The highest BCUT2D eigenvalue weighted by Crippen LogP contribution is 2.37. The predicted octanol–water partition coefficient (Wildman–Crippen LogP) is 2.06. The number of rotatable bonds is 3. The molecule has 3 atom stereocenters. The molecule has 0 radical (unpaired) electrons. The Balaban J connectivity index is 0.00000161. The highest BCUT2D eigenvalue weighted by molar-refractivity contribution is 5.95. The normalized spacial score (nSPS) is 27.3. The second-order valence-corrected chi connectivity index (χ2v) is 5.97. The van der Waals surface area contributed by atoms with Gasteiger partial charge in [0.25, 0.3) is 5.91 Å². The third-order valence-corrected chi connectivity index (χ3v) is 4.75. The Morgan fingerprint density at radius 3 is 2.81 bits per heavy atom. The number of likely N-dealkylation sites (tertiary alicyclic amines) is 1. The number of nitrogens with zero attached hydrogens (tertiary/aromatic N) is 1. The third-order valence-electron chi connectivity index (χ3n) is 4.75. The average Bonchev–Trinajstić information content (AvgIpc) is 3.02. The van der Waals surface area contributed by atoms with Crippen LogP contribution in [0.4, 0.5) is 0 Å². The number of nitrogens with two attached hydrogens (primary N) is 1. The zero-order chi connectivity index (χ0) is 14.1. The van der Waals surface area contributed by atoms with Crippen molar-refractivity contribution in [1.82, 2.24) is 4.90 Å². The number of methoxy groups -OCH3 is 1. The molecular weight excluding hydrogens is 288 g/mol. The third kappa shape index (κ3) is 3.07. The Morgan fingerprint density at radius 2 is 2.10 bits per heavy atom. The Bertz CT molecular complexity index is 509. The maximum Gasteiger partial charge on any atom is 0.254 e. The Morgan fingerprint density at radius 1 is 1.33 bits per heavy atom. The lowest BCUT2D eigenvalue weighted by Gasteiger charge is -2.20. The molecule has 0 spiro atoms. The van der Waals surface area contributed by atoms with E-state index >= 15 is 0 Å². The number of carbonyl (C=O) groups excluding carboxylic acids is 1. The molecule has 21 heavy (non-hydrogen) atoms. The van der Waals surface area contributed by atoms with E-state index in [0.717, 1.165) is 37.1 Å². The van der Waals surface area contributed by atoms with E-state index in [1.165, 1.54) is 0 Å². The standard InChI is InChI=1S/C16H22N2O2.ClH/c1-20-10-12-4-2-3-5-13(12)16(19)18-8-11-6-7-15(17)14(11)9-18;/h2-5,11,14-15H,6-10,17H2,1H3;1H. The second-order valence-electron chi connectivity index (χ2n) is 5.97. The molecule has 1 aromatic carbocycles. The van der Waals surface area contributed by atoms with E-state index in [9.17, 15) is 4.79 Å². The van der Waals surface area contributed by atoms with E-state index in [1.54, 1.807) is 7.11 Å². The van der Waals surface area contributed by atoms with Gasteiger partial charge in [-0.25, -0.2) is 0 Å². The van der Waals surface area contributed by atoms with E-state index < -0.39 is 0 Å². The lowest BCUT2D eigenvalue weighted by molar-refractivity contribution is 0.0774. The van der Waals surface area contributed by atoms with E-state index in [2.05, 4.69) is 0 Å². The molecule has 1 aliphatic heterocycles. The van der Waals surface area contributed by atoms with Crippen LogP contribution >= 0.6 is 12.4 Å². The number of benzene rings is 1. The van der Waals surface area contributed by atoms with Gasteiger partial charge in [-0.05, 0) is 36.3 Å². The first-order valence-electron chi connectivity index (χ1n) is 7.32. The number of amides is 1. The predicted molar refractivity (Wildman–Crippen MR) is 84.5 cm³/mol. The van der Waals surface area contributed by atoms with Crippen LogP contribution < -0.4 is 5.73 Å². The quantitative estimate of drug-likeness (QED) is 0.930. The lowest BCUT2D eigenvalue weighted by Crippen LogP contribution is -2.33. The number of fused-ring (bicyclic) bond motifs is 1. The van der Waals surface area contributed by atoms with Crippen molar-refractivity contribution in [1.29, 1.82) is 0 Å². The van der Waals surface area contributed by atoms with Crippen molar-refractivity contribution in [3.8, 4) is 0 Å². The average molecular weight is 311 g/mol. The zero-order valence-electron chi connectivity index (χ0n) is 12.3. The van der Waals surface area contributed by atoms with E-state index in [1.807, 2.05) is 29.2 Å². The minimum Gasteiger partial charge on any atom is -0.380 e. The van der Waals surface area contributed by atoms with Gasteiger partial charge in [0.2, 0.25) is 0 Å². The maximum absolute atomic E-state index is 12.7. The molecule has 3 rings (SSSR count). The Kier molecular flexibility index (Phi) is 5.25. The highest BCUT2D eigenvalue weighted by atomic mass is 35.5. The van der Waals surface area contributed by atoms with Gasteiger partial charge < -0.3 is 15.4 Å². The molecule has 1 saturated heterocycles. The molecule has 2 N–H and O–H groups in total. The monoisotopic (exact) mass is 310 g/mol. The minimum absolute atomic E-state index is 0. The summed E-state index contributed by atoms with van der Waals surface area (Å²) < 4.78 is 5.18. The van der Waals surface area contributed by atoms with Gasteiger partial charge in [-0.1, -0.05) is 18.2 Å². The molecular formula is C16H23ClN2O2. The second kappa shape index (κ2) is 6.77. The lowest BCUT2D eigenvalue weighted by atomic mass is 9.98. The van der Waals surface area contributed by atoms with E-state index in [-0.39, 0.29) is 24.4 Å². The van der Waals surface area contributed by atoms with Crippen molar-refractivity contribution < 1.29 is 9.53 Å². The van der Waals surface area contributed by atoms with Crippen LogP contribution in [0.3, 0.4) is 0 Å². The van der Waals surface area contributed by atoms with Gasteiger partial charge in [-0.15, -0.1) is 12.4 Å². The molecule has 1 aliphatic carbocycles. The number of ether oxygens (including phenoxy) is 1. The molecule has 3 unspecified atom stereocenters. The van der Waals surface area contributed by atoms with Gasteiger partial charge in [0, 0.05) is 31.8 Å². The largest absolute Gasteiger partial charge is 0.380 e. The fourth-order valence-corrected chi connectivity index (χ4v) is 3.65. The van der Waals surface area contributed by atoms with E-state index in [0.29, 0.717) is 18.4 Å². The number of carbonyl (C=O) groups is 1. The van der Waals surface area contributed by atoms with E-state index in [4.69, 9.17) is 10.5 Å². The fraction of sp³-hybridized carbons (Fsp3) is 0.562. The van der Waals surface area contributed by atoms with Crippen LogP contribution in [0.25, 0.3) is 0 Å². The fourth-order valence-electron chi connectivity index (χ4n) is 3.65.